The highest BCUT2D eigenvalue weighted by atomic mass is 16.5. The topological polar surface area (TPSA) is 110 Å². The maximum Gasteiger partial charge on any atom is 0.162 e. The van der Waals surface area contributed by atoms with Gasteiger partial charge in [0.05, 0.1) is 48.5 Å². The first kappa shape index (κ1) is 19.8. The van der Waals surface area contributed by atoms with Crippen LogP contribution in [0.1, 0.15) is 11.1 Å². The van der Waals surface area contributed by atoms with Crippen molar-refractivity contribution in [1.29, 1.82) is 5.26 Å². The lowest BCUT2D eigenvalue weighted by atomic mass is 10.1. The summed E-state index contributed by atoms with van der Waals surface area (Å²) < 4.78 is 11.6. The van der Waals surface area contributed by atoms with Gasteiger partial charge in [-0.1, -0.05) is 0 Å². The first-order chi connectivity index (χ1) is 14.8. The molecule has 0 bridgehead atoms. The predicted molar refractivity (Wildman–Crippen MR) is 112 cm³/mol. The number of nitrogens with two attached hydrogens (primary N) is 1. The van der Waals surface area contributed by atoms with Gasteiger partial charge < -0.3 is 20.1 Å². The molecule has 4 rings (SSSR count). The Kier molecular flexibility index (Phi) is 6.13. The smallest absolute Gasteiger partial charge is 0.162 e. The third kappa shape index (κ3) is 4.54. The third-order valence-corrected chi connectivity index (χ3v) is 4.79. The molecule has 0 unspecified atom stereocenters. The van der Waals surface area contributed by atoms with Crippen LogP contribution in [0.5, 0.6) is 11.5 Å². The molecule has 1 aliphatic rings. The largest absolute Gasteiger partial charge is 0.455 e. The van der Waals surface area contributed by atoms with Gasteiger partial charge in [-0.2, -0.15) is 5.26 Å². The molecule has 8 heteroatoms. The number of hydrogen-bond acceptors (Lipinski definition) is 8. The fourth-order valence-corrected chi connectivity index (χ4v) is 3.24. The Morgan fingerprint density at radius 3 is 2.63 bits per heavy atom. The average molecular weight is 402 g/mol. The maximum absolute atomic E-state index is 9.32. The number of ether oxygens (including phenoxy) is 2. The van der Waals surface area contributed by atoms with Crippen LogP contribution in [0.2, 0.25) is 0 Å². The van der Waals surface area contributed by atoms with E-state index < -0.39 is 0 Å². The number of pyridine rings is 1. The minimum absolute atomic E-state index is 0.491. The van der Waals surface area contributed by atoms with Crippen LogP contribution in [0.3, 0.4) is 0 Å². The van der Waals surface area contributed by atoms with Crippen molar-refractivity contribution < 1.29 is 9.47 Å². The van der Waals surface area contributed by atoms with E-state index in [0.29, 0.717) is 48.2 Å². The van der Waals surface area contributed by atoms with Crippen LogP contribution in [-0.4, -0.2) is 47.8 Å². The summed E-state index contributed by atoms with van der Waals surface area (Å²) in [6.45, 7) is 3.54. The van der Waals surface area contributed by atoms with E-state index in [2.05, 4.69) is 25.9 Å². The van der Waals surface area contributed by atoms with Crippen molar-refractivity contribution in [1.82, 2.24) is 15.0 Å². The summed E-state index contributed by atoms with van der Waals surface area (Å²) in [5.41, 5.74) is 8.73. The van der Waals surface area contributed by atoms with E-state index in [1.165, 1.54) is 0 Å². The van der Waals surface area contributed by atoms with Crippen molar-refractivity contribution in [3.63, 3.8) is 0 Å². The maximum atomic E-state index is 9.32. The Bertz CT molecular complexity index is 1040. The van der Waals surface area contributed by atoms with Gasteiger partial charge in [0.2, 0.25) is 0 Å². The molecular formula is C22H22N6O2. The minimum atomic E-state index is 0.491. The van der Waals surface area contributed by atoms with Crippen LogP contribution in [0, 0.1) is 11.3 Å². The SMILES string of the molecule is N#Cc1ccc(-c2ncc(CCN)cn2)c(Oc2cncc(N3CCOCC3)c2)c1. The zero-order valence-electron chi connectivity index (χ0n) is 16.5. The van der Waals surface area contributed by atoms with E-state index >= 15 is 0 Å². The highest BCUT2D eigenvalue weighted by molar-refractivity contribution is 5.66. The number of nitriles is 1. The Balaban J connectivity index is 1.64. The van der Waals surface area contributed by atoms with Gasteiger partial charge in [-0.05, 0) is 36.7 Å². The first-order valence-corrected chi connectivity index (χ1v) is 9.78. The molecule has 1 fully saturated rings. The fourth-order valence-electron chi connectivity index (χ4n) is 3.24. The number of rotatable bonds is 6. The van der Waals surface area contributed by atoms with Gasteiger partial charge in [0.15, 0.2) is 5.82 Å². The molecule has 0 spiro atoms. The van der Waals surface area contributed by atoms with Crippen molar-refractivity contribution in [3.05, 3.63) is 60.2 Å². The molecular weight excluding hydrogens is 380 g/mol. The van der Waals surface area contributed by atoms with E-state index in [1.807, 2.05) is 12.3 Å². The summed E-state index contributed by atoms with van der Waals surface area (Å²) in [6, 6.07) is 9.29. The standard InChI is InChI=1S/C22H22N6O2/c23-4-3-17-12-26-22(27-13-17)20-2-1-16(11-24)9-21(20)30-19-10-18(14-25-15-19)28-5-7-29-8-6-28/h1-2,9-10,12-15H,3-8,23H2. The van der Waals surface area contributed by atoms with Gasteiger partial charge in [0, 0.05) is 31.5 Å². The van der Waals surface area contributed by atoms with Crippen LogP contribution in [0.15, 0.2) is 49.1 Å². The van der Waals surface area contributed by atoms with E-state index in [0.717, 1.165) is 30.8 Å². The van der Waals surface area contributed by atoms with Crippen molar-refractivity contribution in [2.45, 2.75) is 6.42 Å². The monoisotopic (exact) mass is 402 g/mol. The molecule has 30 heavy (non-hydrogen) atoms. The summed E-state index contributed by atoms with van der Waals surface area (Å²) >= 11 is 0. The van der Waals surface area contributed by atoms with Crippen molar-refractivity contribution in [3.8, 4) is 29.0 Å². The van der Waals surface area contributed by atoms with E-state index in [4.69, 9.17) is 15.2 Å². The molecule has 0 radical (unpaired) electrons. The van der Waals surface area contributed by atoms with E-state index in [1.54, 1.807) is 36.8 Å². The summed E-state index contributed by atoms with van der Waals surface area (Å²) in [5.74, 6) is 1.60. The molecule has 3 heterocycles. The Hall–Kier alpha value is -3.54. The van der Waals surface area contributed by atoms with Crippen LogP contribution in [0.25, 0.3) is 11.4 Å². The van der Waals surface area contributed by atoms with Crippen molar-refractivity contribution in [2.24, 2.45) is 5.73 Å². The van der Waals surface area contributed by atoms with Gasteiger partial charge >= 0.3 is 0 Å². The lowest BCUT2D eigenvalue weighted by Crippen LogP contribution is -2.36. The lowest BCUT2D eigenvalue weighted by molar-refractivity contribution is 0.122. The summed E-state index contributed by atoms with van der Waals surface area (Å²) in [4.78, 5) is 15.4. The molecule has 2 aromatic heterocycles. The second kappa shape index (κ2) is 9.31. The molecule has 1 aliphatic heterocycles. The number of benzene rings is 1. The molecule has 3 aromatic rings. The molecule has 0 aliphatic carbocycles. The first-order valence-electron chi connectivity index (χ1n) is 9.78. The van der Waals surface area contributed by atoms with Crippen LogP contribution >= 0.6 is 0 Å². The minimum Gasteiger partial charge on any atom is -0.455 e. The second-order valence-corrected chi connectivity index (χ2v) is 6.86. The van der Waals surface area contributed by atoms with Gasteiger partial charge in [0.1, 0.15) is 11.5 Å². The molecule has 1 aromatic carbocycles. The van der Waals surface area contributed by atoms with Crippen molar-refractivity contribution in [2.75, 3.05) is 37.7 Å². The summed E-state index contributed by atoms with van der Waals surface area (Å²) in [6.07, 6.45) is 7.70. The number of morpholine rings is 1. The summed E-state index contributed by atoms with van der Waals surface area (Å²) in [5, 5.41) is 9.32. The number of aromatic nitrogens is 3. The number of nitrogens with zero attached hydrogens (tertiary/aromatic N) is 5. The number of hydrogen-bond donors (Lipinski definition) is 1. The quantitative estimate of drug-likeness (QED) is 0.670. The molecule has 2 N–H and O–H groups in total. The lowest BCUT2D eigenvalue weighted by Gasteiger charge is -2.28. The Morgan fingerprint density at radius 1 is 1.10 bits per heavy atom. The van der Waals surface area contributed by atoms with Crippen LogP contribution in [-0.2, 0) is 11.2 Å². The van der Waals surface area contributed by atoms with Gasteiger partial charge in [-0.15, -0.1) is 0 Å². The van der Waals surface area contributed by atoms with Crippen LogP contribution < -0.4 is 15.4 Å². The van der Waals surface area contributed by atoms with E-state index in [9.17, 15) is 5.26 Å². The third-order valence-electron chi connectivity index (χ3n) is 4.79. The normalized spacial score (nSPS) is 13.7. The molecule has 0 atom stereocenters. The van der Waals surface area contributed by atoms with Crippen molar-refractivity contribution >= 4 is 5.69 Å². The molecule has 1 saturated heterocycles. The van der Waals surface area contributed by atoms with E-state index in [-0.39, 0.29) is 0 Å². The van der Waals surface area contributed by atoms with Crippen LogP contribution in [0.4, 0.5) is 5.69 Å². The zero-order chi connectivity index (χ0) is 20.8. The molecule has 152 valence electrons. The average Bonchev–Trinajstić information content (AvgIpc) is 2.81. The molecule has 0 saturated carbocycles. The Morgan fingerprint density at radius 2 is 1.90 bits per heavy atom. The zero-order valence-corrected chi connectivity index (χ0v) is 16.5. The fraction of sp³-hybridized carbons (Fsp3) is 0.273. The Labute approximate surface area is 174 Å². The predicted octanol–water partition coefficient (Wildman–Crippen LogP) is 2.54. The highest BCUT2D eigenvalue weighted by Crippen LogP contribution is 2.33. The van der Waals surface area contributed by atoms with Gasteiger partial charge in [-0.25, -0.2) is 9.97 Å². The summed E-state index contributed by atoms with van der Waals surface area (Å²) in [7, 11) is 0. The molecule has 8 nitrogen and oxygen atoms in total. The van der Waals surface area contributed by atoms with Gasteiger partial charge in [-0.3, -0.25) is 4.98 Å². The molecule has 0 amide bonds. The highest BCUT2D eigenvalue weighted by Gasteiger charge is 2.15. The number of anilines is 1. The van der Waals surface area contributed by atoms with Gasteiger partial charge in [0.25, 0.3) is 0 Å². The second-order valence-electron chi connectivity index (χ2n) is 6.86.